The Kier molecular flexibility index (Phi) is 4.24. The van der Waals surface area contributed by atoms with Crippen molar-refractivity contribution in [2.24, 2.45) is 12.1 Å². The Morgan fingerprint density at radius 3 is 2.89 bits per heavy atom. The molecule has 0 radical (unpaired) electrons. The minimum absolute atomic E-state index is 0.0744. The zero-order valence-corrected chi connectivity index (χ0v) is 15.1. The molecule has 10 nitrogen and oxygen atoms in total. The number of para-hydroxylation sites is 1. The summed E-state index contributed by atoms with van der Waals surface area (Å²) in [5.74, 6) is -0.409. The molecule has 0 aliphatic heterocycles. The normalized spacial score (nSPS) is 11.5. The van der Waals surface area contributed by atoms with Crippen molar-refractivity contribution in [3.63, 3.8) is 0 Å². The van der Waals surface area contributed by atoms with E-state index in [9.17, 15) is 15.2 Å². The smallest absolute Gasteiger partial charge is 0.312 e. The third-order valence-corrected chi connectivity index (χ3v) is 4.37. The fourth-order valence-electron chi connectivity index (χ4n) is 2.86. The summed E-state index contributed by atoms with van der Waals surface area (Å²) in [5, 5.41) is 34.1. The third-order valence-electron chi connectivity index (χ3n) is 4.16. The number of benzene rings is 2. The summed E-state index contributed by atoms with van der Waals surface area (Å²) in [4.78, 5) is 14.6. The van der Waals surface area contributed by atoms with E-state index in [0.29, 0.717) is 11.2 Å². The number of aromatic hydroxyl groups is 1. The van der Waals surface area contributed by atoms with Gasteiger partial charge in [0.05, 0.1) is 16.7 Å². The fourth-order valence-corrected chi connectivity index (χ4v) is 3.08. The van der Waals surface area contributed by atoms with Crippen LogP contribution in [0.15, 0.2) is 41.5 Å². The molecule has 4 aromatic rings. The molecule has 0 fully saturated rings. The number of phenolic OH excluding ortho intramolecular Hbond substituents is 1. The van der Waals surface area contributed by atoms with Crippen molar-refractivity contribution in [2.45, 2.75) is 0 Å². The van der Waals surface area contributed by atoms with Crippen molar-refractivity contribution in [1.82, 2.24) is 19.7 Å². The van der Waals surface area contributed by atoms with Gasteiger partial charge in [0.1, 0.15) is 5.52 Å². The first-order valence-electron chi connectivity index (χ1n) is 7.99. The molecule has 0 aliphatic rings. The predicted octanol–water partition coefficient (Wildman–Crippen LogP) is 3.23. The van der Waals surface area contributed by atoms with E-state index >= 15 is 0 Å². The number of hydrogen-bond acceptors (Lipinski definition) is 8. The first kappa shape index (κ1) is 17.6. The highest BCUT2D eigenvalue weighted by molar-refractivity contribution is 6.31. The molecule has 0 spiro atoms. The maximum atomic E-state index is 10.9. The molecular weight excluding hydrogens is 386 g/mol. The number of nitrogens with one attached hydrogen (secondary N) is 1. The molecule has 0 saturated heterocycles. The van der Waals surface area contributed by atoms with Gasteiger partial charge in [-0.2, -0.15) is 10.1 Å². The highest BCUT2D eigenvalue weighted by atomic mass is 35.5. The first-order valence-corrected chi connectivity index (χ1v) is 8.37. The number of anilines is 1. The molecule has 11 heteroatoms. The van der Waals surface area contributed by atoms with Gasteiger partial charge in [-0.3, -0.25) is 10.1 Å². The number of aryl methyl sites for hydroxylation is 1. The van der Waals surface area contributed by atoms with E-state index in [0.717, 1.165) is 17.0 Å². The van der Waals surface area contributed by atoms with Gasteiger partial charge in [-0.1, -0.05) is 29.8 Å². The number of nitro benzene ring substituents is 1. The minimum atomic E-state index is -0.729. The highest BCUT2D eigenvalue weighted by Crippen LogP contribution is 2.32. The number of phenols is 1. The lowest BCUT2D eigenvalue weighted by molar-refractivity contribution is -0.385. The lowest BCUT2D eigenvalue weighted by Crippen LogP contribution is -2.01. The summed E-state index contributed by atoms with van der Waals surface area (Å²) in [6.45, 7) is 0. The van der Waals surface area contributed by atoms with Gasteiger partial charge in [-0.25, -0.2) is 5.43 Å². The fraction of sp³-hybridized carbons (Fsp3) is 0.0588. The minimum Gasteiger partial charge on any atom is -0.502 e. The van der Waals surface area contributed by atoms with E-state index in [-0.39, 0.29) is 16.5 Å². The van der Waals surface area contributed by atoms with Gasteiger partial charge in [-0.15, -0.1) is 10.2 Å². The number of rotatable bonds is 4. The van der Waals surface area contributed by atoms with Crippen molar-refractivity contribution in [3.8, 4) is 5.75 Å². The van der Waals surface area contributed by atoms with Crippen LogP contribution < -0.4 is 5.43 Å². The Morgan fingerprint density at radius 1 is 1.32 bits per heavy atom. The number of fused-ring (bicyclic) bond motifs is 3. The molecule has 0 aliphatic carbocycles. The quantitative estimate of drug-likeness (QED) is 0.307. The van der Waals surface area contributed by atoms with Crippen molar-refractivity contribution in [2.75, 3.05) is 5.43 Å². The zero-order chi connectivity index (χ0) is 19.8. The number of hydrogen-bond donors (Lipinski definition) is 2. The lowest BCUT2D eigenvalue weighted by atomic mass is 10.2. The van der Waals surface area contributed by atoms with Crippen LogP contribution in [0.4, 0.5) is 11.6 Å². The SMILES string of the molecule is Cn1c2ccccc2c2nnc(N/N=C\c3cc(Cl)cc([N+](=O)[O-])c3O)nc21. The van der Waals surface area contributed by atoms with Gasteiger partial charge in [0.25, 0.3) is 5.95 Å². The highest BCUT2D eigenvalue weighted by Gasteiger charge is 2.18. The van der Waals surface area contributed by atoms with Crippen LogP contribution in [-0.4, -0.2) is 36.0 Å². The second kappa shape index (κ2) is 6.74. The molecule has 0 bridgehead atoms. The van der Waals surface area contributed by atoms with E-state index in [1.165, 1.54) is 12.3 Å². The first-order chi connectivity index (χ1) is 13.5. The predicted molar refractivity (Wildman–Crippen MR) is 105 cm³/mol. The summed E-state index contributed by atoms with van der Waals surface area (Å²) in [6.07, 6.45) is 1.18. The molecule has 0 saturated carbocycles. The van der Waals surface area contributed by atoms with Crippen molar-refractivity contribution >= 4 is 51.5 Å². The van der Waals surface area contributed by atoms with E-state index in [1.807, 2.05) is 35.9 Å². The molecule has 140 valence electrons. The molecule has 2 N–H and O–H groups in total. The van der Waals surface area contributed by atoms with Crippen LogP contribution in [0, 0.1) is 10.1 Å². The number of hydrazone groups is 1. The van der Waals surface area contributed by atoms with Crippen LogP contribution in [0.25, 0.3) is 22.1 Å². The average molecular weight is 398 g/mol. The Hall–Kier alpha value is -3.79. The van der Waals surface area contributed by atoms with Gasteiger partial charge < -0.3 is 9.67 Å². The van der Waals surface area contributed by atoms with E-state index in [2.05, 4.69) is 25.7 Å². The van der Waals surface area contributed by atoms with E-state index < -0.39 is 16.4 Å². The van der Waals surface area contributed by atoms with Crippen LogP contribution in [0.1, 0.15) is 5.56 Å². The summed E-state index contributed by atoms with van der Waals surface area (Å²) >= 11 is 5.85. The maximum Gasteiger partial charge on any atom is 0.312 e. The monoisotopic (exact) mass is 397 g/mol. The van der Waals surface area contributed by atoms with Crippen LogP contribution in [0.5, 0.6) is 5.75 Å². The van der Waals surface area contributed by atoms with Crippen LogP contribution in [0.2, 0.25) is 5.02 Å². The molecule has 2 heterocycles. The van der Waals surface area contributed by atoms with Gasteiger partial charge in [0, 0.05) is 29.1 Å². The molecule has 0 amide bonds. The Bertz CT molecular complexity index is 1270. The van der Waals surface area contributed by atoms with Crippen LogP contribution >= 0.6 is 11.6 Å². The Morgan fingerprint density at radius 2 is 2.11 bits per heavy atom. The summed E-state index contributed by atoms with van der Waals surface area (Å²) in [5.41, 5.74) is 4.42. The largest absolute Gasteiger partial charge is 0.502 e. The molecule has 2 aromatic carbocycles. The number of halogens is 1. The van der Waals surface area contributed by atoms with Gasteiger partial charge in [0.2, 0.25) is 5.75 Å². The second-order valence-electron chi connectivity index (χ2n) is 5.87. The van der Waals surface area contributed by atoms with Crippen molar-refractivity contribution in [3.05, 3.63) is 57.1 Å². The standard InChI is InChI=1S/C17H12ClN7O3/c1-24-12-5-3-2-4-11(12)14-16(24)20-17(23-21-14)22-19-8-9-6-10(18)7-13(15(9)26)25(27)28/h2-8,26H,1H3,(H,20,22,23)/b19-8-. The topological polar surface area (TPSA) is 131 Å². The van der Waals surface area contributed by atoms with Crippen LogP contribution in [-0.2, 0) is 7.05 Å². The third kappa shape index (κ3) is 2.95. The van der Waals surface area contributed by atoms with Crippen LogP contribution in [0.3, 0.4) is 0 Å². The van der Waals surface area contributed by atoms with E-state index in [1.54, 1.807) is 0 Å². The van der Waals surface area contributed by atoms with Gasteiger partial charge in [0.15, 0.2) is 5.65 Å². The molecular formula is C17H12ClN7O3. The van der Waals surface area contributed by atoms with Crippen molar-refractivity contribution in [1.29, 1.82) is 0 Å². The molecule has 28 heavy (non-hydrogen) atoms. The van der Waals surface area contributed by atoms with Gasteiger partial charge >= 0.3 is 5.69 Å². The molecule has 0 atom stereocenters. The van der Waals surface area contributed by atoms with Gasteiger partial charge in [-0.05, 0) is 12.1 Å². The Labute approximate surface area is 162 Å². The Balaban J connectivity index is 1.65. The van der Waals surface area contributed by atoms with E-state index in [4.69, 9.17) is 11.6 Å². The summed E-state index contributed by atoms with van der Waals surface area (Å²) in [7, 11) is 1.87. The zero-order valence-electron chi connectivity index (χ0n) is 14.4. The molecule has 2 aromatic heterocycles. The number of nitro groups is 1. The summed E-state index contributed by atoms with van der Waals surface area (Å²) < 4.78 is 1.89. The number of aromatic nitrogens is 4. The molecule has 4 rings (SSSR count). The number of nitrogens with zero attached hydrogens (tertiary/aromatic N) is 6. The summed E-state index contributed by atoms with van der Waals surface area (Å²) in [6, 6.07) is 10.1. The maximum absolute atomic E-state index is 10.9. The average Bonchev–Trinajstić information content (AvgIpc) is 2.96. The molecule has 0 unspecified atom stereocenters. The lowest BCUT2D eigenvalue weighted by Gasteiger charge is -2.02. The second-order valence-corrected chi connectivity index (χ2v) is 6.31. The van der Waals surface area contributed by atoms with Crippen molar-refractivity contribution < 1.29 is 10.0 Å².